The first-order valence-electron chi connectivity index (χ1n) is 4.99. The zero-order valence-electron chi connectivity index (χ0n) is 9.83. The fourth-order valence-corrected chi connectivity index (χ4v) is 3.91. The lowest BCUT2D eigenvalue weighted by atomic mass is 9.92. The zero-order chi connectivity index (χ0) is 13.9. The highest BCUT2D eigenvalue weighted by molar-refractivity contribution is 9.12. The number of oxime groups is 1. The molecule has 0 atom stereocenters. The van der Waals surface area contributed by atoms with Gasteiger partial charge in [-0.05, 0) is 37.9 Å². The summed E-state index contributed by atoms with van der Waals surface area (Å²) in [6.45, 7) is 3.84. The second-order valence-corrected chi connectivity index (χ2v) is 8.04. The minimum Gasteiger partial charge on any atom is -0.409 e. The highest BCUT2D eigenvalue weighted by atomic mass is 79.9. The van der Waals surface area contributed by atoms with Crippen molar-refractivity contribution >= 4 is 54.9 Å². The fraction of sp³-hybridized carbons (Fsp3) is 0.400. The molecule has 1 heterocycles. The number of nitrogens with zero attached hydrogens (tertiary/aromatic N) is 1. The maximum Gasteiger partial charge on any atom is 0.253 e. The molecule has 0 saturated carbocycles. The van der Waals surface area contributed by atoms with E-state index in [9.17, 15) is 4.79 Å². The molecule has 0 saturated heterocycles. The molecule has 0 spiro atoms. The molecule has 4 N–H and O–H groups in total. The third-order valence-electron chi connectivity index (χ3n) is 2.39. The second-order valence-electron chi connectivity index (χ2n) is 4.29. The predicted octanol–water partition coefficient (Wildman–Crippen LogP) is 2.78. The van der Waals surface area contributed by atoms with E-state index >= 15 is 0 Å². The Labute approximate surface area is 126 Å². The molecule has 18 heavy (non-hydrogen) atoms. The van der Waals surface area contributed by atoms with Crippen LogP contribution in [0.1, 0.15) is 24.2 Å². The Morgan fingerprint density at radius 3 is 2.67 bits per heavy atom. The number of hydrogen-bond acceptors (Lipinski definition) is 4. The number of hydrogen-bond donors (Lipinski definition) is 3. The van der Waals surface area contributed by atoms with Crippen molar-refractivity contribution in [2.75, 3.05) is 6.54 Å². The van der Waals surface area contributed by atoms with E-state index in [-0.39, 0.29) is 18.3 Å². The van der Waals surface area contributed by atoms with Crippen LogP contribution in [0.4, 0.5) is 0 Å². The van der Waals surface area contributed by atoms with Gasteiger partial charge in [0.1, 0.15) is 5.84 Å². The number of carbonyl (C=O) groups excluding carboxylic acids is 1. The van der Waals surface area contributed by atoms with Gasteiger partial charge >= 0.3 is 0 Å². The van der Waals surface area contributed by atoms with E-state index in [1.54, 1.807) is 19.9 Å². The van der Waals surface area contributed by atoms with E-state index in [1.165, 1.54) is 11.3 Å². The molecule has 0 aliphatic carbocycles. The summed E-state index contributed by atoms with van der Waals surface area (Å²) in [7, 11) is 0. The highest BCUT2D eigenvalue weighted by Crippen LogP contribution is 2.31. The molecule has 0 aliphatic rings. The molecule has 0 aliphatic heterocycles. The Kier molecular flexibility index (Phi) is 5.18. The van der Waals surface area contributed by atoms with Crippen LogP contribution in [-0.2, 0) is 0 Å². The summed E-state index contributed by atoms with van der Waals surface area (Å²) in [4.78, 5) is 11.9. The van der Waals surface area contributed by atoms with E-state index in [1.807, 2.05) is 0 Å². The van der Waals surface area contributed by atoms with Gasteiger partial charge in [0.15, 0.2) is 0 Å². The molecule has 100 valence electrons. The standard InChI is InChI=1S/C10H13Br2N3O2S/c1-10(2,9(13)15-17)4-14-8(16)5-3-6(11)18-7(5)12/h3,17H,4H2,1-2H3,(H2,13,15)(H,14,16). The smallest absolute Gasteiger partial charge is 0.253 e. The topological polar surface area (TPSA) is 87.7 Å². The van der Waals surface area contributed by atoms with Crippen molar-refractivity contribution < 1.29 is 10.0 Å². The van der Waals surface area contributed by atoms with Crippen molar-refractivity contribution in [3.8, 4) is 0 Å². The summed E-state index contributed by atoms with van der Waals surface area (Å²) in [6, 6.07) is 1.74. The quantitative estimate of drug-likeness (QED) is 0.315. The van der Waals surface area contributed by atoms with Crippen LogP contribution in [0.5, 0.6) is 0 Å². The monoisotopic (exact) mass is 397 g/mol. The molecule has 1 amide bonds. The molecular formula is C10H13Br2N3O2S. The van der Waals surface area contributed by atoms with Gasteiger partial charge in [0.05, 0.1) is 13.1 Å². The highest BCUT2D eigenvalue weighted by Gasteiger charge is 2.25. The summed E-state index contributed by atoms with van der Waals surface area (Å²) in [5.74, 6) is -0.129. The first-order valence-corrected chi connectivity index (χ1v) is 7.39. The van der Waals surface area contributed by atoms with Crippen molar-refractivity contribution in [3.63, 3.8) is 0 Å². The third-order valence-corrected chi connectivity index (χ3v) is 4.73. The Hall–Kier alpha value is -0.600. The Balaban J connectivity index is 2.70. The Morgan fingerprint density at radius 2 is 2.22 bits per heavy atom. The van der Waals surface area contributed by atoms with Crippen LogP contribution in [0.15, 0.2) is 18.8 Å². The maximum absolute atomic E-state index is 11.9. The molecule has 0 aromatic carbocycles. The average molecular weight is 399 g/mol. The molecule has 0 fully saturated rings. The number of thiophene rings is 1. The van der Waals surface area contributed by atoms with Crippen molar-refractivity contribution in [1.29, 1.82) is 0 Å². The Bertz CT molecular complexity index is 485. The van der Waals surface area contributed by atoms with Crippen molar-refractivity contribution in [1.82, 2.24) is 5.32 Å². The number of amides is 1. The maximum atomic E-state index is 11.9. The van der Waals surface area contributed by atoms with Crippen molar-refractivity contribution in [2.45, 2.75) is 13.8 Å². The van der Waals surface area contributed by atoms with E-state index in [2.05, 4.69) is 42.3 Å². The van der Waals surface area contributed by atoms with Gasteiger partial charge in [-0.25, -0.2) is 0 Å². The van der Waals surface area contributed by atoms with E-state index < -0.39 is 5.41 Å². The van der Waals surface area contributed by atoms with Gasteiger partial charge in [-0.3, -0.25) is 4.79 Å². The van der Waals surface area contributed by atoms with Crippen LogP contribution >= 0.6 is 43.2 Å². The summed E-state index contributed by atoms with van der Waals surface area (Å²) < 4.78 is 1.63. The molecule has 8 heteroatoms. The van der Waals surface area contributed by atoms with Gasteiger partial charge in [0, 0.05) is 12.0 Å². The minimum absolute atomic E-state index is 0.0772. The first-order chi connectivity index (χ1) is 8.27. The summed E-state index contributed by atoms with van der Waals surface area (Å²) in [5, 5.41) is 14.4. The number of carbonyl (C=O) groups is 1. The van der Waals surface area contributed by atoms with E-state index in [0.29, 0.717) is 5.56 Å². The first kappa shape index (κ1) is 15.5. The molecule has 1 aromatic heterocycles. The molecule has 0 radical (unpaired) electrons. The van der Waals surface area contributed by atoms with Crippen LogP contribution in [0.2, 0.25) is 0 Å². The third kappa shape index (κ3) is 3.69. The number of nitrogens with one attached hydrogen (secondary N) is 1. The minimum atomic E-state index is -0.607. The van der Waals surface area contributed by atoms with Gasteiger partial charge in [-0.15, -0.1) is 11.3 Å². The fourth-order valence-electron chi connectivity index (χ4n) is 1.12. The molecule has 0 unspecified atom stereocenters. The van der Waals surface area contributed by atoms with Gasteiger partial charge in [0.2, 0.25) is 0 Å². The number of amidine groups is 1. The average Bonchev–Trinajstić information content (AvgIpc) is 2.64. The van der Waals surface area contributed by atoms with Crippen LogP contribution < -0.4 is 11.1 Å². The van der Waals surface area contributed by atoms with Crippen molar-refractivity contribution in [2.24, 2.45) is 16.3 Å². The van der Waals surface area contributed by atoms with E-state index in [0.717, 1.165) is 7.57 Å². The van der Waals surface area contributed by atoms with E-state index in [4.69, 9.17) is 10.9 Å². The van der Waals surface area contributed by atoms with Crippen molar-refractivity contribution in [3.05, 3.63) is 19.2 Å². The predicted molar refractivity (Wildman–Crippen MR) is 79.2 cm³/mol. The second kappa shape index (κ2) is 6.03. The van der Waals surface area contributed by atoms with Gasteiger partial charge in [-0.1, -0.05) is 19.0 Å². The van der Waals surface area contributed by atoms with Gasteiger partial charge in [-0.2, -0.15) is 0 Å². The normalized spacial score (nSPS) is 12.6. The van der Waals surface area contributed by atoms with Crippen LogP contribution in [0.3, 0.4) is 0 Å². The number of nitrogens with two attached hydrogens (primary N) is 1. The summed E-state index contributed by atoms with van der Waals surface area (Å²) in [6.07, 6.45) is 0. The van der Waals surface area contributed by atoms with Crippen LogP contribution in [0, 0.1) is 5.41 Å². The number of rotatable bonds is 4. The summed E-state index contributed by atoms with van der Waals surface area (Å²) in [5.41, 5.74) is 5.49. The number of halogens is 2. The van der Waals surface area contributed by atoms with Crippen LogP contribution in [0.25, 0.3) is 0 Å². The lowest BCUT2D eigenvalue weighted by Crippen LogP contribution is -2.42. The zero-order valence-corrected chi connectivity index (χ0v) is 13.8. The molecule has 1 rings (SSSR count). The Morgan fingerprint density at radius 1 is 1.61 bits per heavy atom. The van der Waals surface area contributed by atoms with Gasteiger partial charge in [0.25, 0.3) is 5.91 Å². The lowest BCUT2D eigenvalue weighted by Gasteiger charge is -2.22. The summed E-state index contributed by atoms with van der Waals surface area (Å²) >= 11 is 8.06. The largest absolute Gasteiger partial charge is 0.409 e. The molecule has 5 nitrogen and oxygen atoms in total. The van der Waals surface area contributed by atoms with Gasteiger partial charge < -0.3 is 16.3 Å². The molecular weight excluding hydrogens is 386 g/mol. The molecule has 0 bridgehead atoms. The van der Waals surface area contributed by atoms with Crippen LogP contribution in [-0.4, -0.2) is 23.5 Å². The SMILES string of the molecule is CC(C)(CNC(=O)c1cc(Br)sc1Br)/C(N)=N/O. The molecule has 1 aromatic rings. The lowest BCUT2D eigenvalue weighted by molar-refractivity contribution is 0.0944.